The van der Waals surface area contributed by atoms with E-state index in [0.717, 1.165) is 33.2 Å². The fraction of sp³-hybridized carbons (Fsp3) is 0.429. The lowest BCUT2D eigenvalue weighted by Gasteiger charge is -2.31. The highest BCUT2D eigenvalue weighted by Crippen LogP contribution is 2.21. The van der Waals surface area contributed by atoms with Crippen molar-refractivity contribution in [2.45, 2.75) is 96.7 Å². The third-order valence-corrected chi connectivity index (χ3v) is 10.9. The summed E-state index contributed by atoms with van der Waals surface area (Å²) in [6.07, 6.45) is -0.677. The van der Waals surface area contributed by atoms with Gasteiger partial charge in [0, 0.05) is 17.7 Å². The number of thiophene rings is 1. The number of ether oxygens (including phenoxy) is 1. The Hall–Kier alpha value is -4.78. The summed E-state index contributed by atoms with van der Waals surface area (Å²) in [5.74, 6) is -1.75. The van der Waals surface area contributed by atoms with Crippen LogP contribution in [0.15, 0.2) is 90.3 Å². The van der Waals surface area contributed by atoms with Crippen LogP contribution in [0.4, 0.5) is 4.79 Å². The zero-order valence-electron chi connectivity index (χ0n) is 31.5. The standard InChI is InChI=1S/C42H54N4O7S/c1-5-27(3)36(25-47)43-38(49)24-37(48)39(28(4)6-2)46-41(51)35(23-32-19-13-21-54-32)44-40(50)34(45-42(52)53-26-29-14-8-7-9-15-29)22-31-18-12-17-30-16-10-11-20-33(30)31/h7-21,27-28,34-37,39,47-48H,5-6,22-26H2,1-4H3,(H,43,49)(H,44,50)(H,45,52)(H,46,51)/t27-,28?,34-,35?,36+,37-,39-/m0/s1. The van der Waals surface area contributed by atoms with E-state index < -0.39 is 54.1 Å². The predicted octanol–water partition coefficient (Wildman–Crippen LogP) is 5.27. The van der Waals surface area contributed by atoms with Crippen LogP contribution in [0.2, 0.25) is 0 Å². The predicted molar refractivity (Wildman–Crippen MR) is 212 cm³/mol. The molecule has 54 heavy (non-hydrogen) atoms. The molecule has 4 rings (SSSR count). The SMILES string of the molecule is CCC(C)[C@H](NC(=O)C(Cc1cccs1)NC(=O)[C@H](Cc1cccc2ccccc12)NC(=O)OCc1ccccc1)[C@@H](O)CC(=O)N[C@H](CO)[C@@H](C)CC. The van der Waals surface area contributed by atoms with Gasteiger partial charge in [-0.1, -0.05) is 119 Å². The second-order valence-corrected chi connectivity index (χ2v) is 14.9. The molecule has 1 aromatic heterocycles. The second kappa shape index (κ2) is 21.2. The number of rotatable bonds is 20. The first-order valence-corrected chi connectivity index (χ1v) is 19.6. The van der Waals surface area contributed by atoms with Gasteiger partial charge in [0.15, 0.2) is 0 Å². The molecule has 4 aromatic rings. The summed E-state index contributed by atoms with van der Waals surface area (Å²) in [7, 11) is 0. The molecule has 0 saturated heterocycles. The minimum Gasteiger partial charge on any atom is -0.445 e. The molecule has 0 spiro atoms. The molecule has 6 N–H and O–H groups in total. The average molecular weight is 759 g/mol. The van der Waals surface area contributed by atoms with E-state index in [1.165, 1.54) is 11.3 Å². The Morgan fingerprint density at radius 2 is 1.41 bits per heavy atom. The van der Waals surface area contributed by atoms with Gasteiger partial charge in [-0.05, 0) is 45.2 Å². The molecule has 11 nitrogen and oxygen atoms in total. The monoisotopic (exact) mass is 758 g/mol. The number of amides is 4. The average Bonchev–Trinajstić information content (AvgIpc) is 3.70. The van der Waals surface area contributed by atoms with Crippen molar-refractivity contribution >= 4 is 45.9 Å². The first kappa shape index (κ1) is 42.0. The number of aliphatic hydroxyl groups excluding tert-OH is 2. The molecule has 0 aliphatic heterocycles. The summed E-state index contributed by atoms with van der Waals surface area (Å²) in [6, 6.07) is 23.0. The molecule has 0 aliphatic carbocycles. The van der Waals surface area contributed by atoms with Gasteiger partial charge in [-0.3, -0.25) is 14.4 Å². The lowest BCUT2D eigenvalue weighted by atomic mass is 9.91. The van der Waals surface area contributed by atoms with Gasteiger partial charge in [0.1, 0.15) is 18.7 Å². The first-order valence-electron chi connectivity index (χ1n) is 18.7. The molecule has 0 radical (unpaired) electrons. The van der Waals surface area contributed by atoms with E-state index in [0.29, 0.717) is 6.42 Å². The van der Waals surface area contributed by atoms with Crippen molar-refractivity contribution in [3.05, 3.63) is 106 Å². The molecule has 7 atom stereocenters. The van der Waals surface area contributed by atoms with Crippen LogP contribution in [0.5, 0.6) is 0 Å². The van der Waals surface area contributed by atoms with E-state index in [-0.39, 0.29) is 44.3 Å². The maximum Gasteiger partial charge on any atom is 0.408 e. The van der Waals surface area contributed by atoms with Gasteiger partial charge >= 0.3 is 6.09 Å². The van der Waals surface area contributed by atoms with Crippen LogP contribution in [0.1, 0.15) is 63.0 Å². The van der Waals surface area contributed by atoms with Gasteiger partial charge in [-0.25, -0.2) is 4.79 Å². The number of hydrogen-bond donors (Lipinski definition) is 6. The minimum absolute atomic E-state index is 0.00826. The summed E-state index contributed by atoms with van der Waals surface area (Å²) < 4.78 is 5.49. The number of benzene rings is 3. The fourth-order valence-electron chi connectivity index (χ4n) is 6.29. The summed E-state index contributed by atoms with van der Waals surface area (Å²) in [4.78, 5) is 55.3. The number of nitrogens with one attached hydrogen (secondary N) is 4. The quantitative estimate of drug-likeness (QED) is 0.0715. The molecule has 290 valence electrons. The highest BCUT2D eigenvalue weighted by Gasteiger charge is 2.33. The van der Waals surface area contributed by atoms with Gasteiger partial charge in [0.25, 0.3) is 0 Å². The van der Waals surface area contributed by atoms with E-state index in [1.54, 1.807) is 0 Å². The molecule has 0 saturated carbocycles. The van der Waals surface area contributed by atoms with Crippen LogP contribution in [0.25, 0.3) is 10.8 Å². The Morgan fingerprint density at radius 3 is 2.09 bits per heavy atom. The highest BCUT2D eigenvalue weighted by molar-refractivity contribution is 7.09. The summed E-state index contributed by atoms with van der Waals surface area (Å²) >= 11 is 1.44. The fourth-order valence-corrected chi connectivity index (χ4v) is 7.04. The van der Waals surface area contributed by atoms with Crippen LogP contribution in [0.3, 0.4) is 0 Å². The van der Waals surface area contributed by atoms with Crippen molar-refractivity contribution < 1.29 is 34.1 Å². The molecule has 12 heteroatoms. The van der Waals surface area contributed by atoms with Gasteiger partial charge < -0.3 is 36.2 Å². The number of hydrogen-bond acceptors (Lipinski definition) is 8. The Labute approximate surface area is 321 Å². The molecule has 3 aromatic carbocycles. The smallest absolute Gasteiger partial charge is 0.408 e. The summed E-state index contributed by atoms with van der Waals surface area (Å²) in [6.45, 7) is 7.47. The topological polar surface area (TPSA) is 166 Å². The van der Waals surface area contributed by atoms with Crippen LogP contribution in [-0.2, 0) is 38.6 Å². The molecular weight excluding hydrogens is 705 g/mol. The van der Waals surface area contributed by atoms with Crippen molar-refractivity contribution in [2.24, 2.45) is 11.8 Å². The van der Waals surface area contributed by atoms with E-state index in [4.69, 9.17) is 4.74 Å². The maximum atomic E-state index is 14.2. The van der Waals surface area contributed by atoms with Crippen LogP contribution in [-0.4, -0.2) is 70.9 Å². The van der Waals surface area contributed by atoms with E-state index in [2.05, 4.69) is 21.3 Å². The van der Waals surface area contributed by atoms with Gasteiger partial charge in [-0.15, -0.1) is 11.3 Å². The van der Waals surface area contributed by atoms with Gasteiger partial charge in [0.05, 0.1) is 31.2 Å². The van der Waals surface area contributed by atoms with E-state index in [1.807, 2.05) is 118 Å². The molecule has 0 aliphatic rings. The van der Waals surface area contributed by atoms with Gasteiger partial charge in [-0.2, -0.15) is 0 Å². The van der Waals surface area contributed by atoms with Gasteiger partial charge in [0.2, 0.25) is 17.7 Å². The molecule has 0 fully saturated rings. The Morgan fingerprint density at radius 1 is 0.741 bits per heavy atom. The second-order valence-electron chi connectivity index (χ2n) is 13.9. The van der Waals surface area contributed by atoms with E-state index >= 15 is 0 Å². The molecular formula is C42H54N4O7S. The molecule has 1 heterocycles. The van der Waals surface area contributed by atoms with Crippen molar-refractivity contribution in [3.8, 4) is 0 Å². The number of carbonyl (C=O) groups excluding carboxylic acids is 4. The molecule has 4 amide bonds. The number of aliphatic hydroxyl groups is 2. The third-order valence-electron chi connectivity index (χ3n) is 9.99. The van der Waals surface area contributed by atoms with Crippen molar-refractivity contribution in [2.75, 3.05) is 6.61 Å². The first-order chi connectivity index (χ1) is 26.0. The zero-order valence-corrected chi connectivity index (χ0v) is 32.3. The number of carbonyl (C=O) groups is 4. The third kappa shape index (κ3) is 12.4. The summed E-state index contributed by atoms with van der Waals surface area (Å²) in [5, 5.41) is 36.3. The maximum absolute atomic E-state index is 14.2. The Balaban J connectivity index is 1.56. The number of fused-ring (bicyclic) bond motifs is 1. The Kier molecular flexibility index (Phi) is 16.5. The largest absolute Gasteiger partial charge is 0.445 e. The minimum atomic E-state index is -1.24. The zero-order chi connectivity index (χ0) is 39.0. The van der Waals surface area contributed by atoms with Crippen LogP contribution >= 0.6 is 11.3 Å². The van der Waals surface area contributed by atoms with Crippen molar-refractivity contribution in [1.82, 2.24) is 21.3 Å². The normalized spacial score (nSPS) is 15.1. The molecule has 0 bridgehead atoms. The molecule has 2 unspecified atom stereocenters. The van der Waals surface area contributed by atoms with E-state index in [9.17, 15) is 29.4 Å². The lowest BCUT2D eigenvalue weighted by Crippen LogP contribution is -2.58. The highest BCUT2D eigenvalue weighted by atomic mass is 32.1. The summed E-state index contributed by atoms with van der Waals surface area (Å²) in [5.41, 5.74) is 1.61. The van der Waals surface area contributed by atoms with Crippen molar-refractivity contribution in [3.63, 3.8) is 0 Å². The lowest BCUT2D eigenvalue weighted by molar-refractivity contribution is -0.131. The Bertz CT molecular complexity index is 1780. The number of alkyl carbamates (subject to hydrolysis) is 1. The van der Waals surface area contributed by atoms with Crippen molar-refractivity contribution in [1.29, 1.82) is 0 Å². The van der Waals surface area contributed by atoms with Crippen LogP contribution in [0, 0.1) is 11.8 Å². The van der Waals surface area contributed by atoms with Crippen LogP contribution < -0.4 is 21.3 Å².